The first kappa shape index (κ1) is 14.6. The number of carbonyl (C=O) groups excluding carboxylic acids is 1. The van der Waals surface area contributed by atoms with Crippen LogP contribution in [0.2, 0.25) is 0 Å². The molecule has 4 nitrogen and oxygen atoms in total. The number of anilines is 1. The highest BCUT2D eigenvalue weighted by atomic mass is 19.1. The molecule has 1 rings (SSSR count). The van der Waals surface area contributed by atoms with Crippen LogP contribution in [0.25, 0.3) is 0 Å². The SMILES string of the molecule is CCN(C(=O)CN(C)CCN)c1ccc(F)cc1. The van der Waals surface area contributed by atoms with E-state index in [0.717, 1.165) is 0 Å². The molecule has 0 saturated carbocycles. The minimum absolute atomic E-state index is 0.0138. The highest BCUT2D eigenvalue weighted by Crippen LogP contribution is 2.14. The summed E-state index contributed by atoms with van der Waals surface area (Å²) in [7, 11) is 1.85. The molecule has 0 unspecified atom stereocenters. The monoisotopic (exact) mass is 253 g/mol. The Bertz CT molecular complexity index is 380. The van der Waals surface area contributed by atoms with Crippen molar-refractivity contribution in [3.05, 3.63) is 30.1 Å². The lowest BCUT2D eigenvalue weighted by Gasteiger charge is -2.24. The molecule has 0 aliphatic heterocycles. The summed E-state index contributed by atoms with van der Waals surface area (Å²) in [5, 5.41) is 0. The number of halogens is 1. The van der Waals surface area contributed by atoms with Crippen LogP contribution in [0, 0.1) is 5.82 Å². The molecular formula is C13H20FN3O. The van der Waals surface area contributed by atoms with Crippen molar-refractivity contribution in [2.24, 2.45) is 5.73 Å². The smallest absolute Gasteiger partial charge is 0.241 e. The number of nitrogens with two attached hydrogens (primary N) is 1. The molecule has 0 heterocycles. The zero-order valence-electron chi connectivity index (χ0n) is 10.9. The molecule has 0 spiro atoms. The summed E-state index contributed by atoms with van der Waals surface area (Å²) in [5.41, 5.74) is 6.15. The lowest BCUT2D eigenvalue weighted by Crippen LogP contribution is -2.40. The van der Waals surface area contributed by atoms with Crippen LogP contribution in [0.3, 0.4) is 0 Å². The molecule has 0 radical (unpaired) electrons. The Labute approximate surface area is 107 Å². The fraction of sp³-hybridized carbons (Fsp3) is 0.462. The van der Waals surface area contributed by atoms with Crippen LogP contribution in [0.5, 0.6) is 0 Å². The summed E-state index contributed by atoms with van der Waals surface area (Å²) in [6.07, 6.45) is 0. The molecule has 0 fully saturated rings. The molecule has 0 atom stereocenters. The van der Waals surface area contributed by atoms with Gasteiger partial charge in [0.1, 0.15) is 5.82 Å². The molecule has 1 aromatic carbocycles. The van der Waals surface area contributed by atoms with Crippen molar-refractivity contribution < 1.29 is 9.18 Å². The van der Waals surface area contributed by atoms with Crippen molar-refractivity contribution in [2.45, 2.75) is 6.92 Å². The van der Waals surface area contributed by atoms with E-state index in [1.54, 1.807) is 17.0 Å². The average Bonchev–Trinajstić information content (AvgIpc) is 2.32. The van der Waals surface area contributed by atoms with E-state index in [4.69, 9.17) is 5.73 Å². The number of carbonyl (C=O) groups is 1. The van der Waals surface area contributed by atoms with Crippen LogP contribution in [0.15, 0.2) is 24.3 Å². The Hall–Kier alpha value is -1.46. The van der Waals surface area contributed by atoms with Gasteiger partial charge in [0.05, 0.1) is 6.54 Å². The normalized spacial score (nSPS) is 10.7. The molecule has 1 amide bonds. The number of hydrogen-bond acceptors (Lipinski definition) is 3. The van der Waals surface area contributed by atoms with Crippen molar-refractivity contribution in [3.8, 4) is 0 Å². The van der Waals surface area contributed by atoms with E-state index >= 15 is 0 Å². The van der Waals surface area contributed by atoms with E-state index in [1.165, 1.54) is 12.1 Å². The zero-order valence-corrected chi connectivity index (χ0v) is 10.9. The number of nitrogens with zero attached hydrogens (tertiary/aromatic N) is 2. The largest absolute Gasteiger partial charge is 0.329 e. The number of rotatable bonds is 6. The fourth-order valence-electron chi connectivity index (χ4n) is 1.74. The van der Waals surface area contributed by atoms with Crippen LogP contribution in [-0.4, -0.2) is 44.0 Å². The van der Waals surface area contributed by atoms with E-state index in [2.05, 4.69) is 0 Å². The molecule has 0 aliphatic rings. The standard InChI is InChI=1S/C13H20FN3O/c1-3-17(12-6-4-11(14)5-7-12)13(18)10-16(2)9-8-15/h4-7H,3,8-10,15H2,1-2H3. The van der Waals surface area contributed by atoms with Crippen LogP contribution in [-0.2, 0) is 4.79 Å². The topological polar surface area (TPSA) is 49.6 Å². The molecule has 1 aromatic rings. The van der Waals surface area contributed by atoms with Crippen molar-refractivity contribution in [1.82, 2.24) is 4.90 Å². The van der Waals surface area contributed by atoms with Gasteiger partial charge in [-0.3, -0.25) is 9.69 Å². The molecule has 18 heavy (non-hydrogen) atoms. The van der Waals surface area contributed by atoms with Crippen LogP contribution in [0.4, 0.5) is 10.1 Å². The van der Waals surface area contributed by atoms with Gasteiger partial charge in [0.2, 0.25) is 5.91 Å². The lowest BCUT2D eigenvalue weighted by atomic mass is 10.2. The summed E-state index contributed by atoms with van der Waals surface area (Å²) in [6, 6.07) is 5.93. The first-order valence-corrected chi connectivity index (χ1v) is 6.03. The number of amides is 1. The third-order valence-electron chi connectivity index (χ3n) is 2.67. The van der Waals surface area contributed by atoms with Gasteiger partial charge in [-0.15, -0.1) is 0 Å². The van der Waals surface area contributed by atoms with E-state index < -0.39 is 0 Å². The maximum atomic E-state index is 12.8. The molecular weight excluding hydrogens is 233 g/mol. The number of hydrogen-bond donors (Lipinski definition) is 1. The predicted molar refractivity (Wildman–Crippen MR) is 71.0 cm³/mol. The number of benzene rings is 1. The van der Waals surface area contributed by atoms with Crippen molar-refractivity contribution in [3.63, 3.8) is 0 Å². The van der Waals surface area contributed by atoms with Gasteiger partial charge in [-0.05, 0) is 38.2 Å². The highest BCUT2D eigenvalue weighted by molar-refractivity contribution is 5.94. The van der Waals surface area contributed by atoms with Crippen molar-refractivity contribution >= 4 is 11.6 Å². The molecule has 0 bridgehead atoms. The summed E-state index contributed by atoms with van der Waals surface area (Å²) >= 11 is 0. The quantitative estimate of drug-likeness (QED) is 0.825. The van der Waals surface area contributed by atoms with Crippen LogP contribution >= 0.6 is 0 Å². The van der Waals surface area contributed by atoms with Crippen molar-refractivity contribution in [1.29, 1.82) is 0 Å². The molecule has 2 N–H and O–H groups in total. The molecule has 5 heteroatoms. The zero-order chi connectivity index (χ0) is 13.5. The highest BCUT2D eigenvalue weighted by Gasteiger charge is 2.15. The number of likely N-dealkylation sites (N-methyl/N-ethyl adjacent to an activating group) is 2. The minimum atomic E-state index is -0.303. The van der Waals surface area contributed by atoms with E-state index in [0.29, 0.717) is 31.9 Å². The van der Waals surface area contributed by atoms with E-state index in [-0.39, 0.29) is 11.7 Å². The van der Waals surface area contributed by atoms with Gasteiger partial charge in [0.25, 0.3) is 0 Å². The minimum Gasteiger partial charge on any atom is -0.329 e. The predicted octanol–water partition coefficient (Wildman–Crippen LogP) is 1.07. The summed E-state index contributed by atoms with van der Waals surface area (Å²) < 4.78 is 12.8. The summed E-state index contributed by atoms with van der Waals surface area (Å²) in [6.45, 7) is 3.95. The van der Waals surface area contributed by atoms with Gasteiger partial charge in [-0.1, -0.05) is 0 Å². The first-order valence-electron chi connectivity index (χ1n) is 6.03. The molecule has 0 aromatic heterocycles. The average molecular weight is 253 g/mol. The van der Waals surface area contributed by atoms with Crippen molar-refractivity contribution in [2.75, 3.05) is 38.1 Å². The second-order valence-corrected chi connectivity index (χ2v) is 4.14. The van der Waals surface area contributed by atoms with Gasteiger partial charge in [-0.25, -0.2) is 4.39 Å². The van der Waals surface area contributed by atoms with Gasteiger partial charge in [-0.2, -0.15) is 0 Å². The Morgan fingerprint density at radius 1 is 1.33 bits per heavy atom. The Balaban J connectivity index is 2.71. The maximum absolute atomic E-state index is 12.8. The molecule has 0 saturated heterocycles. The Morgan fingerprint density at radius 2 is 1.94 bits per heavy atom. The van der Waals surface area contributed by atoms with E-state index in [1.807, 2.05) is 18.9 Å². The van der Waals surface area contributed by atoms with Gasteiger partial charge < -0.3 is 10.6 Å². The Kier molecular flexibility index (Phi) is 5.74. The summed E-state index contributed by atoms with van der Waals surface area (Å²) in [4.78, 5) is 15.6. The second-order valence-electron chi connectivity index (χ2n) is 4.14. The maximum Gasteiger partial charge on any atom is 0.241 e. The second kappa shape index (κ2) is 7.08. The van der Waals surface area contributed by atoms with Crippen LogP contribution < -0.4 is 10.6 Å². The lowest BCUT2D eigenvalue weighted by molar-refractivity contribution is -0.119. The Morgan fingerprint density at radius 3 is 2.44 bits per heavy atom. The van der Waals surface area contributed by atoms with Gasteiger partial charge >= 0.3 is 0 Å². The third-order valence-corrected chi connectivity index (χ3v) is 2.67. The third kappa shape index (κ3) is 4.09. The van der Waals surface area contributed by atoms with Gasteiger partial charge in [0.15, 0.2) is 0 Å². The first-order chi connectivity index (χ1) is 8.58. The van der Waals surface area contributed by atoms with Gasteiger partial charge in [0, 0.05) is 25.3 Å². The summed E-state index contributed by atoms with van der Waals surface area (Å²) in [5.74, 6) is -0.317. The van der Waals surface area contributed by atoms with E-state index in [9.17, 15) is 9.18 Å². The van der Waals surface area contributed by atoms with Crippen LogP contribution in [0.1, 0.15) is 6.92 Å². The fourth-order valence-corrected chi connectivity index (χ4v) is 1.74. The molecule has 100 valence electrons. The molecule has 0 aliphatic carbocycles.